The van der Waals surface area contributed by atoms with Crippen molar-refractivity contribution in [3.63, 3.8) is 0 Å². The molecule has 1 fully saturated rings. The average molecular weight is 357 g/mol. The van der Waals surface area contributed by atoms with Crippen LogP contribution >= 0.6 is 11.3 Å². The van der Waals surface area contributed by atoms with Gasteiger partial charge in [0.1, 0.15) is 0 Å². The number of hydrogen-bond donors (Lipinski definition) is 2. The zero-order valence-electron chi connectivity index (χ0n) is 14.1. The number of piperidine rings is 1. The van der Waals surface area contributed by atoms with E-state index >= 15 is 0 Å². The van der Waals surface area contributed by atoms with Gasteiger partial charge in [0.25, 0.3) is 0 Å². The highest BCUT2D eigenvalue weighted by Gasteiger charge is 2.40. The number of thiazole rings is 1. The second-order valence-corrected chi connectivity index (χ2v) is 7.18. The van der Waals surface area contributed by atoms with E-state index in [1.165, 1.54) is 5.56 Å². The lowest BCUT2D eigenvalue weighted by Crippen LogP contribution is -2.45. The molecular formula is C19H23N3O2S. The van der Waals surface area contributed by atoms with Crippen molar-refractivity contribution >= 4 is 22.4 Å². The zero-order chi connectivity index (χ0) is 17.7. The summed E-state index contributed by atoms with van der Waals surface area (Å²) in [5, 5.41) is 15.3. The maximum atomic E-state index is 11.0. The number of rotatable bonds is 7. The second-order valence-electron chi connectivity index (χ2n) is 6.33. The van der Waals surface area contributed by atoms with Crippen LogP contribution < -0.4 is 5.32 Å². The molecule has 0 spiro atoms. The van der Waals surface area contributed by atoms with E-state index in [2.05, 4.69) is 41.5 Å². The number of carboxylic acid groups (broad SMARTS) is 1. The molecule has 0 unspecified atom stereocenters. The van der Waals surface area contributed by atoms with Crippen molar-refractivity contribution in [2.24, 2.45) is 0 Å². The van der Waals surface area contributed by atoms with Gasteiger partial charge in [-0.1, -0.05) is 36.4 Å². The predicted octanol–water partition coefficient (Wildman–Crippen LogP) is 3.21. The van der Waals surface area contributed by atoms with E-state index in [1.54, 1.807) is 11.3 Å². The van der Waals surface area contributed by atoms with Crippen LogP contribution in [-0.2, 0) is 10.2 Å². The molecule has 1 aliphatic heterocycles. The quantitative estimate of drug-likeness (QED) is 0.745. The van der Waals surface area contributed by atoms with Crippen LogP contribution in [0.15, 0.2) is 48.4 Å². The topological polar surface area (TPSA) is 65.5 Å². The van der Waals surface area contributed by atoms with Gasteiger partial charge in [-0.3, -0.25) is 9.69 Å². The van der Waals surface area contributed by atoms with Gasteiger partial charge in [-0.2, -0.15) is 0 Å². The molecule has 2 N–H and O–H groups in total. The fraction of sp³-hybridized carbons (Fsp3) is 0.368. The number of hydrogen-bond acceptors (Lipinski definition) is 5. The van der Waals surface area contributed by atoms with E-state index in [1.807, 2.05) is 17.0 Å². The van der Waals surface area contributed by atoms with Crippen molar-refractivity contribution in [1.82, 2.24) is 9.88 Å². The first-order valence-corrected chi connectivity index (χ1v) is 9.32. The van der Waals surface area contributed by atoms with Gasteiger partial charge >= 0.3 is 5.97 Å². The highest BCUT2D eigenvalue weighted by Crippen LogP contribution is 2.42. The van der Waals surface area contributed by atoms with Gasteiger partial charge in [0.05, 0.1) is 12.2 Å². The molecule has 0 radical (unpaired) electrons. The monoisotopic (exact) mass is 357 g/mol. The SMILES string of the molecule is C=CCNc1nc(C2(c3ccccc3)CCN(CC(=O)O)CC2)cs1. The van der Waals surface area contributed by atoms with Gasteiger partial charge in [0.2, 0.25) is 0 Å². The minimum Gasteiger partial charge on any atom is -0.480 e. The molecule has 0 saturated carbocycles. The molecule has 1 aliphatic rings. The number of aromatic nitrogens is 1. The number of carbonyl (C=O) groups is 1. The standard InChI is InChI=1S/C19H23N3O2S/c1-2-10-20-18-21-16(14-25-18)19(15-6-4-3-5-7-15)8-11-22(12-9-19)13-17(23)24/h2-7,14H,1,8-13H2,(H,20,21)(H,23,24). The molecule has 0 bridgehead atoms. The zero-order valence-corrected chi connectivity index (χ0v) is 15.0. The number of aliphatic carboxylic acids is 1. The summed E-state index contributed by atoms with van der Waals surface area (Å²) in [5.74, 6) is -0.767. The number of nitrogens with zero attached hydrogens (tertiary/aromatic N) is 2. The summed E-state index contributed by atoms with van der Waals surface area (Å²) in [6.45, 7) is 6.04. The number of carboxylic acids is 1. The molecule has 2 heterocycles. The summed E-state index contributed by atoms with van der Waals surface area (Å²) in [6, 6.07) is 10.5. The van der Waals surface area contributed by atoms with Gasteiger partial charge in [0.15, 0.2) is 5.13 Å². The van der Waals surface area contributed by atoms with E-state index in [0.29, 0.717) is 6.54 Å². The lowest BCUT2D eigenvalue weighted by Gasteiger charge is -2.41. The molecule has 3 rings (SSSR count). The lowest BCUT2D eigenvalue weighted by atomic mass is 9.70. The normalized spacial score (nSPS) is 17.1. The maximum absolute atomic E-state index is 11.0. The Balaban J connectivity index is 1.88. The minimum absolute atomic E-state index is 0.105. The first kappa shape index (κ1) is 17.6. The highest BCUT2D eigenvalue weighted by atomic mass is 32.1. The van der Waals surface area contributed by atoms with Gasteiger partial charge in [0, 0.05) is 17.3 Å². The van der Waals surface area contributed by atoms with Crippen LogP contribution in [0.25, 0.3) is 0 Å². The summed E-state index contributed by atoms with van der Waals surface area (Å²) in [6.07, 6.45) is 3.56. The number of nitrogens with one attached hydrogen (secondary N) is 1. The van der Waals surface area contributed by atoms with Crippen LogP contribution in [0.2, 0.25) is 0 Å². The van der Waals surface area contributed by atoms with E-state index < -0.39 is 5.97 Å². The summed E-state index contributed by atoms with van der Waals surface area (Å²) >= 11 is 1.61. The number of anilines is 1. The molecule has 0 atom stereocenters. The molecule has 1 aromatic carbocycles. The third-order valence-electron chi connectivity index (χ3n) is 4.79. The Labute approximate surface area is 152 Å². The van der Waals surface area contributed by atoms with Crippen LogP contribution in [0.5, 0.6) is 0 Å². The van der Waals surface area contributed by atoms with Crippen molar-refractivity contribution in [3.05, 3.63) is 59.6 Å². The van der Waals surface area contributed by atoms with Gasteiger partial charge in [-0.15, -0.1) is 17.9 Å². The molecule has 0 amide bonds. The van der Waals surface area contributed by atoms with Crippen molar-refractivity contribution < 1.29 is 9.90 Å². The first-order valence-electron chi connectivity index (χ1n) is 8.44. The molecule has 0 aliphatic carbocycles. The highest BCUT2D eigenvalue weighted by molar-refractivity contribution is 7.13. The summed E-state index contributed by atoms with van der Waals surface area (Å²) in [5.41, 5.74) is 2.18. The number of benzene rings is 1. The molecule has 6 heteroatoms. The first-order chi connectivity index (χ1) is 12.1. The largest absolute Gasteiger partial charge is 0.480 e. The smallest absolute Gasteiger partial charge is 0.317 e. The second kappa shape index (κ2) is 7.80. The third kappa shape index (κ3) is 3.91. The maximum Gasteiger partial charge on any atom is 0.317 e. The van der Waals surface area contributed by atoms with Crippen molar-refractivity contribution in [2.75, 3.05) is 31.5 Å². The van der Waals surface area contributed by atoms with E-state index in [9.17, 15) is 4.79 Å². The van der Waals surface area contributed by atoms with Crippen LogP contribution in [0, 0.1) is 0 Å². The number of likely N-dealkylation sites (tertiary alicyclic amines) is 1. The Hall–Kier alpha value is -2.18. The molecular weight excluding hydrogens is 334 g/mol. The van der Waals surface area contributed by atoms with Crippen molar-refractivity contribution in [2.45, 2.75) is 18.3 Å². The van der Waals surface area contributed by atoms with Crippen LogP contribution in [0.1, 0.15) is 24.1 Å². The Kier molecular flexibility index (Phi) is 5.50. The minimum atomic E-state index is -0.767. The lowest BCUT2D eigenvalue weighted by molar-refractivity contribution is -0.138. The summed E-state index contributed by atoms with van der Waals surface area (Å²) in [7, 11) is 0. The molecule has 1 saturated heterocycles. The van der Waals surface area contributed by atoms with E-state index in [-0.39, 0.29) is 12.0 Å². The van der Waals surface area contributed by atoms with Crippen LogP contribution in [0.4, 0.5) is 5.13 Å². The van der Waals surface area contributed by atoms with Crippen LogP contribution in [0.3, 0.4) is 0 Å². The van der Waals surface area contributed by atoms with Crippen molar-refractivity contribution in [1.29, 1.82) is 0 Å². The fourth-order valence-corrected chi connectivity index (χ4v) is 4.29. The summed E-state index contributed by atoms with van der Waals surface area (Å²) in [4.78, 5) is 17.8. The summed E-state index contributed by atoms with van der Waals surface area (Å²) < 4.78 is 0. The Morgan fingerprint density at radius 3 is 2.72 bits per heavy atom. The van der Waals surface area contributed by atoms with Gasteiger partial charge < -0.3 is 10.4 Å². The van der Waals surface area contributed by atoms with Gasteiger partial charge in [-0.05, 0) is 31.5 Å². The Morgan fingerprint density at radius 1 is 1.36 bits per heavy atom. The van der Waals surface area contributed by atoms with E-state index in [0.717, 1.165) is 36.8 Å². The molecule has 1 aromatic heterocycles. The fourth-order valence-electron chi connectivity index (χ4n) is 3.47. The molecule has 132 valence electrons. The molecule has 5 nitrogen and oxygen atoms in total. The Bertz CT molecular complexity index is 721. The average Bonchev–Trinajstić information content (AvgIpc) is 3.10. The van der Waals surface area contributed by atoms with E-state index in [4.69, 9.17) is 10.1 Å². The van der Waals surface area contributed by atoms with Gasteiger partial charge in [-0.25, -0.2) is 4.98 Å². The molecule has 2 aromatic rings. The Morgan fingerprint density at radius 2 is 2.08 bits per heavy atom. The van der Waals surface area contributed by atoms with Crippen molar-refractivity contribution in [3.8, 4) is 0 Å². The third-order valence-corrected chi connectivity index (χ3v) is 5.59. The molecule has 25 heavy (non-hydrogen) atoms. The van der Waals surface area contributed by atoms with Crippen LogP contribution in [-0.4, -0.2) is 47.1 Å². The predicted molar refractivity (Wildman–Crippen MR) is 101 cm³/mol.